The van der Waals surface area contributed by atoms with E-state index >= 15 is 0 Å². The summed E-state index contributed by atoms with van der Waals surface area (Å²) in [6.45, 7) is 1.75. The van der Waals surface area contributed by atoms with Crippen molar-refractivity contribution >= 4 is 41.2 Å². The van der Waals surface area contributed by atoms with Gasteiger partial charge in [0.2, 0.25) is 5.96 Å². The fourth-order valence-corrected chi connectivity index (χ4v) is 5.05. The van der Waals surface area contributed by atoms with E-state index in [0.717, 1.165) is 38.9 Å². The van der Waals surface area contributed by atoms with E-state index in [1.165, 1.54) is 11.3 Å². The number of carbonyl (C=O) groups excluding carboxylic acids is 1. The molecule has 178 valence electrons. The van der Waals surface area contributed by atoms with Crippen LogP contribution in [0.2, 0.25) is 0 Å². The Bertz CT molecular complexity index is 1280. The largest absolute Gasteiger partial charge is 0.457 e. The van der Waals surface area contributed by atoms with Crippen molar-refractivity contribution < 1.29 is 9.53 Å². The Hall–Kier alpha value is -3.75. The number of fused-ring (bicyclic) bond motifs is 1. The van der Waals surface area contributed by atoms with Crippen molar-refractivity contribution in [3.05, 3.63) is 82.1 Å². The molecule has 3 N–H and O–H groups in total. The molecule has 0 aliphatic carbocycles. The number of nitrogens with zero attached hydrogens (tertiary/aromatic N) is 3. The van der Waals surface area contributed by atoms with Gasteiger partial charge in [0.15, 0.2) is 0 Å². The molecule has 2 aromatic carbocycles. The molecule has 5 rings (SSSR count). The van der Waals surface area contributed by atoms with Gasteiger partial charge in [0.25, 0.3) is 5.91 Å². The Morgan fingerprint density at radius 2 is 1.97 bits per heavy atom. The number of ether oxygens (including phenoxy) is 1. The van der Waals surface area contributed by atoms with Gasteiger partial charge in [-0.15, -0.1) is 11.3 Å². The molecule has 1 fully saturated rings. The number of aliphatic imine (C=N–C) groups is 2. The van der Waals surface area contributed by atoms with E-state index in [4.69, 9.17) is 15.5 Å². The number of benzene rings is 2. The second-order valence-corrected chi connectivity index (χ2v) is 9.54. The lowest BCUT2D eigenvalue weighted by Gasteiger charge is -2.14. The molecule has 1 atom stereocenters. The molecule has 0 saturated carbocycles. The molecule has 0 spiro atoms. The number of hydrogen-bond donors (Lipinski definition) is 2. The third-order valence-electron chi connectivity index (χ3n) is 5.76. The van der Waals surface area contributed by atoms with Crippen LogP contribution in [0.25, 0.3) is 6.08 Å². The summed E-state index contributed by atoms with van der Waals surface area (Å²) in [7, 11) is 0. The molecule has 8 heteroatoms. The van der Waals surface area contributed by atoms with Gasteiger partial charge in [-0.2, -0.15) is 0 Å². The van der Waals surface area contributed by atoms with Crippen LogP contribution in [0.4, 0.5) is 5.69 Å². The van der Waals surface area contributed by atoms with E-state index < -0.39 is 0 Å². The highest BCUT2D eigenvalue weighted by Gasteiger charge is 2.26. The van der Waals surface area contributed by atoms with Crippen molar-refractivity contribution in [2.75, 3.05) is 18.4 Å². The van der Waals surface area contributed by atoms with Crippen molar-refractivity contribution in [1.29, 1.82) is 0 Å². The molecule has 0 radical (unpaired) electrons. The minimum Gasteiger partial charge on any atom is -0.457 e. The van der Waals surface area contributed by atoms with E-state index in [1.807, 2.05) is 71.8 Å². The Balaban J connectivity index is 1.32. The smallest absolute Gasteiger partial charge is 0.264 e. The molecule has 0 bridgehead atoms. The van der Waals surface area contributed by atoms with E-state index in [2.05, 4.69) is 22.5 Å². The van der Waals surface area contributed by atoms with Crippen LogP contribution in [0, 0.1) is 0 Å². The SMILES string of the molecule is NC1CCN(C(=O)c2cc3c(s2)/C=C\C/C=N\C(Nc2cccc(Oc4ccccc4)c2)=N/C3)C1. The minimum absolute atomic E-state index is 0.0486. The van der Waals surface area contributed by atoms with Crippen molar-refractivity contribution in [2.45, 2.75) is 25.4 Å². The van der Waals surface area contributed by atoms with Gasteiger partial charge in [-0.1, -0.05) is 30.3 Å². The fourth-order valence-electron chi connectivity index (χ4n) is 3.98. The lowest BCUT2D eigenvalue weighted by Crippen LogP contribution is -2.31. The van der Waals surface area contributed by atoms with Crippen LogP contribution < -0.4 is 15.8 Å². The van der Waals surface area contributed by atoms with Crippen molar-refractivity contribution in [3.63, 3.8) is 0 Å². The first kappa shape index (κ1) is 23.0. The first-order chi connectivity index (χ1) is 17.1. The zero-order chi connectivity index (χ0) is 24.0. The quantitative estimate of drug-likeness (QED) is 0.533. The van der Waals surface area contributed by atoms with Gasteiger partial charge in [-0.3, -0.25) is 4.79 Å². The van der Waals surface area contributed by atoms with Crippen molar-refractivity contribution in [2.24, 2.45) is 15.7 Å². The van der Waals surface area contributed by atoms with Crippen LogP contribution in [0.3, 0.4) is 0 Å². The van der Waals surface area contributed by atoms with Gasteiger partial charge in [0, 0.05) is 48.4 Å². The van der Waals surface area contributed by atoms with Gasteiger partial charge in [0.05, 0.1) is 11.4 Å². The first-order valence-corrected chi connectivity index (χ1v) is 12.5. The predicted molar refractivity (Wildman–Crippen MR) is 143 cm³/mol. The van der Waals surface area contributed by atoms with Crippen LogP contribution >= 0.6 is 11.3 Å². The number of carbonyl (C=O) groups is 1. The lowest BCUT2D eigenvalue weighted by atomic mass is 10.2. The second kappa shape index (κ2) is 10.7. The molecule has 2 aliphatic rings. The average Bonchev–Trinajstić information content (AvgIpc) is 3.49. The van der Waals surface area contributed by atoms with E-state index in [0.29, 0.717) is 32.0 Å². The van der Waals surface area contributed by atoms with Crippen LogP contribution in [0.15, 0.2) is 76.7 Å². The number of thiophene rings is 1. The molecule has 1 aromatic heterocycles. The number of guanidine groups is 1. The second-order valence-electron chi connectivity index (χ2n) is 8.46. The summed E-state index contributed by atoms with van der Waals surface area (Å²) in [4.78, 5) is 25.8. The zero-order valence-corrected chi connectivity index (χ0v) is 20.1. The number of likely N-dealkylation sites (tertiary alicyclic amines) is 1. The van der Waals surface area contributed by atoms with Gasteiger partial charge >= 0.3 is 0 Å². The number of hydrogen-bond acceptors (Lipinski definition) is 7. The van der Waals surface area contributed by atoms with Gasteiger partial charge in [0.1, 0.15) is 11.5 Å². The standard InChI is InChI=1S/C27H27N5O2S/c28-20-12-14-32(18-20)26(33)25-15-19-17-30-27(29-13-5-4-11-24(19)35-25)31-21-7-6-10-23(16-21)34-22-8-2-1-3-9-22/h1-4,6-11,13,15-16,20H,5,12,14,17-18,28H2,(H,30,31)/b11-4-,29-13-. The topological polar surface area (TPSA) is 92.3 Å². The third kappa shape index (κ3) is 5.85. The number of anilines is 1. The highest BCUT2D eigenvalue weighted by Crippen LogP contribution is 2.28. The van der Waals surface area contributed by atoms with Gasteiger partial charge in [-0.05, 0) is 48.4 Å². The van der Waals surface area contributed by atoms with Gasteiger partial charge < -0.3 is 20.7 Å². The Kier molecular flexibility index (Phi) is 7.02. The highest BCUT2D eigenvalue weighted by atomic mass is 32.1. The molecule has 1 amide bonds. The highest BCUT2D eigenvalue weighted by molar-refractivity contribution is 7.15. The lowest BCUT2D eigenvalue weighted by molar-refractivity contribution is 0.0795. The monoisotopic (exact) mass is 485 g/mol. The van der Waals surface area contributed by atoms with E-state index in [-0.39, 0.29) is 11.9 Å². The maximum Gasteiger partial charge on any atom is 0.264 e. The minimum atomic E-state index is 0.0486. The molecule has 3 heterocycles. The van der Waals surface area contributed by atoms with Crippen LogP contribution in [-0.2, 0) is 6.54 Å². The molecular weight excluding hydrogens is 458 g/mol. The summed E-state index contributed by atoms with van der Waals surface area (Å²) in [6.07, 6.45) is 7.44. The van der Waals surface area contributed by atoms with Crippen LogP contribution in [-0.4, -0.2) is 42.1 Å². The van der Waals surface area contributed by atoms with E-state index in [1.54, 1.807) is 0 Å². The number of allylic oxidation sites excluding steroid dienone is 1. The molecule has 3 aromatic rings. The summed E-state index contributed by atoms with van der Waals surface area (Å²) in [5.74, 6) is 2.05. The summed E-state index contributed by atoms with van der Waals surface area (Å²) in [6, 6.07) is 19.4. The summed E-state index contributed by atoms with van der Waals surface area (Å²) >= 11 is 1.51. The summed E-state index contributed by atoms with van der Waals surface area (Å²) < 4.78 is 5.94. The summed E-state index contributed by atoms with van der Waals surface area (Å²) in [5.41, 5.74) is 7.83. The Labute approximate surface area is 208 Å². The van der Waals surface area contributed by atoms with Crippen molar-refractivity contribution in [1.82, 2.24) is 4.90 Å². The number of nitrogens with one attached hydrogen (secondary N) is 1. The number of amides is 1. The normalized spacial score (nSPS) is 20.9. The van der Waals surface area contributed by atoms with Crippen LogP contribution in [0.5, 0.6) is 11.5 Å². The zero-order valence-electron chi connectivity index (χ0n) is 19.3. The average molecular weight is 486 g/mol. The van der Waals surface area contributed by atoms with Gasteiger partial charge in [-0.25, -0.2) is 9.98 Å². The summed E-state index contributed by atoms with van der Waals surface area (Å²) in [5, 5.41) is 3.30. The molecule has 1 saturated heterocycles. The maximum atomic E-state index is 13.0. The number of nitrogens with two attached hydrogens (primary N) is 1. The number of rotatable bonds is 4. The molecule has 35 heavy (non-hydrogen) atoms. The predicted octanol–water partition coefficient (Wildman–Crippen LogP) is 5.17. The van der Waals surface area contributed by atoms with Crippen LogP contribution in [0.1, 0.15) is 33.0 Å². The maximum absolute atomic E-state index is 13.0. The van der Waals surface area contributed by atoms with E-state index in [9.17, 15) is 4.79 Å². The third-order valence-corrected chi connectivity index (χ3v) is 6.89. The Morgan fingerprint density at radius 1 is 1.11 bits per heavy atom. The molecule has 2 aliphatic heterocycles. The van der Waals surface area contributed by atoms with Crippen molar-refractivity contribution in [3.8, 4) is 11.5 Å². The molecular formula is C27H27N5O2S. The Morgan fingerprint density at radius 3 is 2.80 bits per heavy atom. The fraction of sp³-hybridized carbons (Fsp3) is 0.222. The molecule has 7 nitrogen and oxygen atoms in total. The molecule has 1 unspecified atom stereocenters. The first-order valence-electron chi connectivity index (χ1n) is 11.6. The number of para-hydroxylation sites is 1.